The Labute approximate surface area is 208 Å². The first kappa shape index (κ1) is 23.5. The number of thioether (sulfide) groups is 1. The number of amides is 1. The van der Waals surface area contributed by atoms with E-state index in [-0.39, 0.29) is 22.9 Å². The summed E-state index contributed by atoms with van der Waals surface area (Å²) in [5.74, 6) is 0.476. The summed E-state index contributed by atoms with van der Waals surface area (Å²) in [6.07, 6.45) is 0. The largest absolute Gasteiger partial charge is 0.494 e. The summed E-state index contributed by atoms with van der Waals surface area (Å²) in [6, 6.07) is 11.6. The number of fused-ring (bicyclic) bond motifs is 1. The number of aromatic nitrogens is 2. The van der Waals surface area contributed by atoms with Gasteiger partial charge in [-0.25, -0.2) is 9.97 Å². The second kappa shape index (κ2) is 10.1. The van der Waals surface area contributed by atoms with Crippen molar-refractivity contribution in [2.45, 2.75) is 24.1 Å². The minimum absolute atomic E-state index is 0.0223. The van der Waals surface area contributed by atoms with E-state index in [1.165, 1.54) is 22.7 Å². The number of anilines is 2. The van der Waals surface area contributed by atoms with Crippen molar-refractivity contribution in [2.75, 3.05) is 17.7 Å². The molecule has 8 nitrogen and oxygen atoms in total. The average molecular weight is 507 g/mol. The van der Waals surface area contributed by atoms with E-state index in [4.69, 9.17) is 10.5 Å². The second-order valence-electron chi connectivity index (χ2n) is 6.99. The average Bonchev–Trinajstić information content (AvgIpc) is 3.48. The third-order valence-electron chi connectivity index (χ3n) is 4.78. The molecule has 11 heteroatoms. The van der Waals surface area contributed by atoms with Gasteiger partial charge in [-0.15, -0.1) is 0 Å². The number of thiazole rings is 1. The molecule has 1 amide bonds. The highest BCUT2D eigenvalue weighted by Crippen LogP contribution is 2.38. The van der Waals surface area contributed by atoms with Crippen LogP contribution in [0.5, 0.6) is 5.75 Å². The van der Waals surface area contributed by atoms with Crippen molar-refractivity contribution in [3.8, 4) is 29.0 Å². The summed E-state index contributed by atoms with van der Waals surface area (Å²) in [5.41, 5.74) is 8.32. The molecule has 1 aromatic carbocycles. The van der Waals surface area contributed by atoms with E-state index in [0.29, 0.717) is 27.9 Å². The van der Waals surface area contributed by atoms with E-state index in [9.17, 15) is 15.3 Å². The number of thiophene rings is 1. The Balaban J connectivity index is 1.58. The van der Waals surface area contributed by atoms with Gasteiger partial charge in [0, 0.05) is 5.56 Å². The number of nitrogens with one attached hydrogen (secondary N) is 1. The SMILES string of the molecule is CCOc1ccc2nc(NC(=O)C(C)Sc3nc(N)c(C#N)c(-c4ccsc4)c3C#N)sc2c1. The number of benzene rings is 1. The molecule has 0 saturated carbocycles. The number of ether oxygens (including phenoxy) is 1. The van der Waals surface area contributed by atoms with Crippen molar-refractivity contribution >= 4 is 61.5 Å². The monoisotopic (exact) mass is 506 g/mol. The van der Waals surface area contributed by atoms with Crippen LogP contribution >= 0.6 is 34.4 Å². The van der Waals surface area contributed by atoms with Crippen LogP contribution < -0.4 is 15.8 Å². The number of pyridine rings is 1. The fourth-order valence-corrected chi connectivity index (χ4v) is 5.68. The highest BCUT2D eigenvalue weighted by atomic mass is 32.2. The molecule has 0 saturated heterocycles. The number of nitrogens with two attached hydrogens (primary N) is 1. The number of hydrogen-bond acceptors (Lipinski definition) is 10. The normalized spacial score (nSPS) is 11.5. The minimum Gasteiger partial charge on any atom is -0.494 e. The molecule has 0 radical (unpaired) electrons. The van der Waals surface area contributed by atoms with Gasteiger partial charge in [0.2, 0.25) is 5.91 Å². The lowest BCUT2D eigenvalue weighted by atomic mass is 9.99. The highest BCUT2D eigenvalue weighted by molar-refractivity contribution is 8.00. The molecule has 1 unspecified atom stereocenters. The van der Waals surface area contributed by atoms with Crippen molar-refractivity contribution in [3.63, 3.8) is 0 Å². The molecule has 3 N–H and O–H groups in total. The topological polar surface area (TPSA) is 138 Å². The fraction of sp³-hybridized carbons (Fsp3) is 0.174. The van der Waals surface area contributed by atoms with Gasteiger partial charge in [-0.1, -0.05) is 23.1 Å². The van der Waals surface area contributed by atoms with E-state index in [1.54, 1.807) is 6.92 Å². The Morgan fingerprint density at radius 2 is 2.06 bits per heavy atom. The Morgan fingerprint density at radius 1 is 1.26 bits per heavy atom. The summed E-state index contributed by atoms with van der Waals surface area (Å²) in [6.45, 7) is 4.19. The number of carbonyl (C=O) groups is 1. The first-order valence-electron chi connectivity index (χ1n) is 10.1. The van der Waals surface area contributed by atoms with Gasteiger partial charge in [-0.3, -0.25) is 4.79 Å². The van der Waals surface area contributed by atoms with Crippen LogP contribution in [0.3, 0.4) is 0 Å². The third kappa shape index (κ3) is 4.68. The van der Waals surface area contributed by atoms with E-state index < -0.39 is 5.25 Å². The van der Waals surface area contributed by atoms with E-state index in [2.05, 4.69) is 21.4 Å². The molecular weight excluding hydrogens is 488 g/mol. The molecule has 0 fully saturated rings. The van der Waals surface area contributed by atoms with Crippen LogP contribution in [0.15, 0.2) is 40.1 Å². The number of nitrogen functional groups attached to an aromatic ring is 1. The first-order valence-corrected chi connectivity index (χ1v) is 12.8. The van der Waals surface area contributed by atoms with Gasteiger partial charge in [0.15, 0.2) is 5.13 Å². The Morgan fingerprint density at radius 3 is 2.74 bits per heavy atom. The summed E-state index contributed by atoms with van der Waals surface area (Å²) >= 11 is 3.90. The first-order chi connectivity index (χ1) is 16.4. The van der Waals surface area contributed by atoms with E-state index in [0.717, 1.165) is 27.7 Å². The molecule has 0 spiro atoms. The number of nitrogens with zero attached hydrogens (tertiary/aromatic N) is 4. The van der Waals surface area contributed by atoms with Crippen molar-refractivity contribution in [1.82, 2.24) is 9.97 Å². The van der Waals surface area contributed by atoms with E-state index in [1.807, 2.05) is 48.0 Å². The lowest BCUT2D eigenvalue weighted by molar-refractivity contribution is -0.115. The molecule has 0 aliphatic rings. The summed E-state index contributed by atoms with van der Waals surface area (Å²) < 4.78 is 6.42. The van der Waals surface area contributed by atoms with Crippen LogP contribution in [-0.4, -0.2) is 27.7 Å². The zero-order valence-corrected chi connectivity index (χ0v) is 20.6. The van der Waals surface area contributed by atoms with Crippen molar-refractivity contribution in [2.24, 2.45) is 0 Å². The van der Waals surface area contributed by atoms with Crippen molar-refractivity contribution in [1.29, 1.82) is 10.5 Å². The van der Waals surface area contributed by atoms with Crippen LogP contribution in [-0.2, 0) is 4.79 Å². The molecule has 170 valence electrons. The van der Waals surface area contributed by atoms with Crippen LogP contribution in [0, 0.1) is 22.7 Å². The van der Waals surface area contributed by atoms with Gasteiger partial charge in [-0.2, -0.15) is 21.9 Å². The number of rotatable bonds is 7. The summed E-state index contributed by atoms with van der Waals surface area (Å²) in [7, 11) is 0. The second-order valence-corrected chi connectivity index (χ2v) is 10.1. The molecule has 4 aromatic rings. The lowest BCUT2D eigenvalue weighted by Crippen LogP contribution is -2.22. The molecule has 4 rings (SSSR count). The molecule has 34 heavy (non-hydrogen) atoms. The van der Waals surface area contributed by atoms with Gasteiger partial charge < -0.3 is 15.8 Å². The summed E-state index contributed by atoms with van der Waals surface area (Å²) in [5, 5.41) is 26.1. The zero-order valence-electron chi connectivity index (χ0n) is 18.2. The molecule has 3 aromatic heterocycles. The Hall–Kier alpha value is -3.64. The Kier molecular flexibility index (Phi) is 6.98. The lowest BCUT2D eigenvalue weighted by Gasteiger charge is -2.14. The minimum atomic E-state index is -0.603. The maximum absolute atomic E-state index is 12.9. The fourth-order valence-electron chi connectivity index (χ4n) is 3.22. The van der Waals surface area contributed by atoms with Gasteiger partial charge in [0.25, 0.3) is 0 Å². The molecule has 1 atom stereocenters. The number of nitriles is 2. The van der Waals surface area contributed by atoms with Gasteiger partial charge in [0.1, 0.15) is 34.3 Å². The van der Waals surface area contributed by atoms with Crippen LogP contribution in [0.4, 0.5) is 10.9 Å². The van der Waals surface area contributed by atoms with E-state index >= 15 is 0 Å². The molecule has 0 aliphatic carbocycles. The Bertz CT molecular complexity index is 1450. The predicted octanol–water partition coefficient (Wildman–Crippen LogP) is 5.26. The molecule has 0 bridgehead atoms. The number of carbonyl (C=O) groups excluding carboxylic acids is 1. The molecular formula is C23H18N6O2S3. The van der Waals surface area contributed by atoms with Crippen molar-refractivity contribution < 1.29 is 9.53 Å². The smallest absolute Gasteiger partial charge is 0.239 e. The standard InChI is InChI=1S/C23H18N6O2S3/c1-3-31-14-4-5-17-18(8-14)34-23(27-17)29-21(30)12(2)33-22-16(10-25)19(13-6-7-32-11-13)15(9-24)20(26)28-22/h4-8,11-12H,3H2,1-2H3,(H2,26,28)(H,27,29,30). The molecule has 0 aliphatic heterocycles. The third-order valence-corrected chi connectivity index (χ3v) is 7.49. The predicted molar refractivity (Wildman–Crippen MR) is 136 cm³/mol. The summed E-state index contributed by atoms with van der Waals surface area (Å²) in [4.78, 5) is 21.6. The van der Waals surface area contributed by atoms with Crippen molar-refractivity contribution in [3.05, 3.63) is 46.2 Å². The highest BCUT2D eigenvalue weighted by Gasteiger charge is 2.24. The maximum Gasteiger partial charge on any atom is 0.239 e. The maximum atomic E-state index is 12.9. The van der Waals surface area contributed by atoms with Crippen LogP contribution in [0.25, 0.3) is 21.3 Å². The van der Waals surface area contributed by atoms with Gasteiger partial charge in [0.05, 0.1) is 27.6 Å². The van der Waals surface area contributed by atoms with Crippen LogP contribution in [0.2, 0.25) is 0 Å². The number of hydrogen-bond donors (Lipinski definition) is 2. The quantitative estimate of drug-likeness (QED) is 0.324. The van der Waals surface area contributed by atoms with Gasteiger partial charge in [-0.05, 0) is 54.4 Å². The van der Waals surface area contributed by atoms with Crippen LogP contribution in [0.1, 0.15) is 25.0 Å². The molecule has 3 heterocycles. The zero-order chi connectivity index (χ0) is 24.2. The van der Waals surface area contributed by atoms with Gasteiger partial charge >= 0.3 is 0 Å².